The van der Waals surface area contributed by atoms with Crippen molar-refractivity contribution in [2.24, 2.45) is 11.7 Å². The van der Waals surface area contributed by atoms with Gasteiger partial charge in [-0.15, -0.1) is 0 Å². The summed E-state index contributed by atoms with van der Waals surface area (Å²) >= 11 is 0. The summed E-state index contributed by atoms with van der Waals surface area (Å²) in [6.07, 6.45) is 2.04. The van der Waals surface area contributed by atoms with Crippen LogP contribution in [-0.2, 0) is 0 Å². The zero-order chi connectivity index (χ0) is 12.7. The number of halogens is 1. The van der Waals surface area contributed by atoms with E-state index >= 15 is 0 Å². The number of nitrogens with zero attached hydrogens (tertiary/aromatic N) is 1. The van der Waals surface area contributed by atoms with Crippen molar-refractivity contribution >= 4 is 5.69 Å². The van der Waals surface area contributed by atoms with Crippen LogP contribution in [0.5, 0.6) is 0 Å². The molecule has 0 heterocycles. The molecule has 0 aromatic heterocycles. The van der Waals surface area contributed by atoms with Gasteiger partial charge in [0.1, 0.15) is 11.9 Å². The van der Waals surface area contributed by atoms with Crippen LogP contribution < -0.4 is 11.1 Å². The Morgan fingerprint density at radius 2 is 2.29 bits per heavy atom. The Hall–Kier alpha value is -1.60. The van der Waals surface area contributed by atoms with Crippen molar-refractivity contribution in [2.75, 3.05) is 18.4 Å². The van der Waals surface area contributed by atoms with Crippen molar-refractivity contribution in [2.45, 2.75) is 19.8 Å². The van der Waals surface area contributed by atoms with Crippen LogP contribution in [0.15, 0.2) is 18.2 Å². The fourth-order valence-electron chi connectivity index (χ4n) is 1.63. The number of nitrogens with two attached hydrogens (primary N) is 1. The van der Waals surface area contributed by atoms with Gasteiger partial charge < -0.3 is 11.1 Å². The van der Waals surface area contributed by atoms with E-state index < -0.39 is 5.82 Å². The summed E-state index contributed by atoms with van der Waals surface area (Å²) in [5, 5.41) is 11.9. The maximum Gasteiger partial charge on any atom is 0.141 e. The third-order valence-electron chi connectivity index (χ3n) is 2.88. The van der Waals surface area contributed by atoms with Crippen molar-refractivity contribution in [1.82, 2.24) is 0 Å². The second-order valence-corrected chi connectivity index (χ2v) is 4.03. The smallest absolute Gasteiger partial charge is 0.141 e. The van der Waals surface area contributed by atoms with E-state index in [1.54, 1.807) is 6.07 Å². The van der Waals surface area contributed by atoms with E-state index in [9.17, 15) is 4.39 Å². The molecule has 1 aromatic rings. The molecule has 0 aliphatic heterocycles. The van der Waals surface area contributed by atoms with Crippen LogP contribution in [-0.4, -0.2) is 13.1 Å². The maximum absolute atomic E-state index is 13.1. The Morgan fingerprint density at radius 1 is 1.53 bits per heavy atom. The standard InChI is InChI=1S/C13H18FN3/c1-2-10(8-15)5-6-17-12-3-4-13(14)11(7-12)9-16/h3-4,7,10,17H,2,5-6,8,15H2,1H3. The molecule has 3 N–H and O–H groups in total. The first kappa shape index (κ1) is 13.5. The van der Waals surface area contributed by atoms with Gasteiger partial charge in [0.05, 0.1) is 5.56 Å². The summed E-state index contributed by atoms with van der Waals surface area (Å²) in [7, 11) is 0. The van der Waals surface area contributed by atoms with E-state index in [-0.39, 0.29) is 5.56 Å². The molecule has 0 aliphatic rings. The number of anilines is 1. The lowest BCUT2D eigenvalue weighted by Crippen LogP contribution is -2.17. The molecular weight excluding hydrogens is 217 g/mol. The Bertz CT molecular complexity index is 394. The van der Waals surface area contributed by atoms with Gasteiger partial charge in [-0.1, -0.05) is 13.3 Å². The number of hydrogen-bond acceptors (Lipinski definition) is 3. The third-order valence-corrected chi connectivity index (χ3v) is 2.88. The molecule has 17 heavy (non-hydrogen) atoms. The molecule has 3 nitrogen and oxygen atoms in total. The molecule has 1 aromatic carbocycles. The first-order valence-corrected chi connectivity index (χ1v) is 5.84. The second-order valence-electron chi connectivity index (χ2n) is 4.03. The molecule has 0 saturated carbocycles. The lowest BCUT2D eigenvalue weighted by molar-refractivity contribution is 0.495. The van der Waals surface area contributed by atoms with Gasteiger partial charge in [0.2, 0.25) is 0 Å². The van der Waals surface area contributed by atoms with Gasteiger partial charge in [-0.3, -0.25) is 0 Å². The van der Waals surface area contributed by atoms with Gasteiger partial charge in [0, 0.05) is 12.2 Å². The molecule has 0 saturated heterocycles. The van der Waals surface area contributed by atoms with Crippen LogP contribution in [0.3, 0.4) is 0 Å². The number of rotatable bonds is 6. The summed E-state index contributed by atoms with van der Waals surface area (Å²) in [4.78, 5) is 0. The van der Waals surface area contributed by atoms with E-state index in [0.717, 1.165) is 25.1 Å². The molecule has 0 radical (unpaired) electrons. The minimum absolute atomic E-state index is 0.0702. The van der Waals surface area contributed by atoms with Gasteiger partial charge >= 0.3 is 0 Å². The molecule has 0 aliphatic carbocycles. The number of hydrogen-bond donors (Lipinski definition) is 2. The van der Waals surface area contributed by atoms with Crippen LogP contribution in [0, 0.1) is 23.1 Å². The van der Waals surface area contributed by atoms with Crippen molar-refractivity contribution in [3.05, 3.63) is 29.6 Å². The van der Waals surface area contributed by atoms with Crippen LogP contribution in [0.25, 0.3) is 0 Å². The zero-order valence-corrected chi connectivity index (χ0v) is 10.0. The predicted molar refractivity (Wildman–Crippen MR) is 67.1 cm³/mol. The van der Waals surface area contributed by atoms with E-state index in [4.69, 9.17) is 11.0 Å². The average molecular weight is 235 g/mol. The van der Waals surface area contributed by atoms with Crippen molar-refractivity contribution in [3.8, 4) is 6.07 Å². The first-order chi connectivity index (χ1) is 8.21. The topological polar surface area (TPSA) is 61.8 Å². The fourth-order valence-corrected chi connectivity index (χ4v) is 1.63. The van der Waals surface area contributed by atoms with E-state index in [1.807, 2.05) is 6.07 Å². The van der Waals surface area contributed by atoms with Gasteiger partial charge in [0.15, 0.2) is 0 Å². The number of benzene rings is 1. The van der Waals surface area contributed by atoms with Gasteiger partial charge in [-0.25, -0.2) is 4.39 Å². The molecule has 0 fully saturated rings. The predicted octanol–water partition coefficient (Wildman–Crippen LogP) is 2.48. The van der Waals surface area contributed by atoms with Gasteiger partial charge in [-0.05, 0) is 37.1 Å². The summed E-state index contributed by atoms with van der Waals surface area (Å²) in [6, 6.07) is 6.29. The summed E-state index contributed by atoms with van der Waals surface area (Å²) < 4.78 is 13.1. The molecular formula is C13H18FN3. The highest BCUT2D eigenvalue weighted by Gasteiger charge is 2.05. The number of nitrogens with one attached hydrogen (secondary N) is 1. The van der Waals surface area contributed by atoms with Crippen molar-refractivity contribution in [1.29, 1.82) is 5.26 Å². The van der Waals surface area contributed by atoms with Crippen molar-refractivity contribution in [3.63, 3.8) is 0 Å². The van der Waals surface area contributed by atoms with Crippen LogP contribution >= 0.6 is 0 Å². The normalized spacial score (nSPS) is 11.9. The van der Waals surface area contributed by atoms with E-state index in [2.05, 4.69) is 12.2 Å². The molecule has 0 amide bonds. The molecule has 0 spiro atoms. The second kappa shape index (κ2) is 6.87. The highest BCUT2D eigenvalue weighted by molar-refractivity contribution is 5.49. The Balaban J connectivity index is 2.50. The van der Waals surface area contributed by atoms with E-state index in [0.29, 0.717) is 12.5 Å². The average Bonchev–Trinajstić information content (AvgIpc) is 2.36. The van der Waals surface area contributed by atoms with Crippen LogP contribution in [0.1, 0.15) is 25.3 Å². The van der Waals surface area contributed by atoms with E-state index in [1.165, 1.54) is 12.1 Å². The molecule has 1 rings (SSSR count). The fraction of sp³-hybridized carbons (Fsp3) is 0.462. The maximum atomic E-state index is 13.1. The SMILES string of the molecule is CCC(CN)CCNc1ccc(F)c(C#N)c1. The zero-order valence-electron chi connectivity index (χ0n) is 10.0. The monoisotopic (exact) mass is 235 g/mol. The molecule has 1 unspecified atom stereocenters. The Morgan fingerprint density at radius 3 is 2.88 bits per heavy atom. The lowest BCUT2D eigenvalue weighted by Gasteiger charge is -2.13. The van der Waals surface area contributed by atoms with Gasteiger partial charge in [0.25, 0.3) is 0 Å². The molecule has 0 bridgehead atoms. The minimum Gasteiger partial charge on any atom is -0.385 e. The third kappa shape index (κ3) is 4.04. The highest BCUT2D eigenvalue weighted by atomic mass is 19.1. The Kier molecular flexibility index (Phi) is 5.44. The minimum atomic E-state index is -0.480. The van der Waals surface area contributed by atoms with Gasteiger partial charge in [-0.2, -0.15) is 5.26 Å². The van der Waals surface area contributed by atoms with Crippen LogP contribution in [0.4, 0.5) is 10.1 Å². The largest absolute Gasteiger partial charge is 0.385 e. The lowest BCUT2D eigenvalue weighted by atomic mass is 10.0. The highest BCUT2D eigenvalue weighted by Crippen LogP contribution is 2.14. The Labute approximate surface area is 101 Å². The molecule has 92 valence electrons. The quantitative estimate of drug-likeness (QED) is 0.796. The molecule has 1 atom stereocenters. The van der Waals surface area contributed by atoms with Crippen molar-refractivity contribution < 1.29 is 4.39 Å². The summed E-state index contributed by atoms with van der Waals surface area (Å²) in [6.45, 7) is 3.58. The number of nitriles is 1. The summed E-state index contributed by atoms with van der Waals surface area (Å²) in [5.41, 5.74) is 6.45. The first-order valence-electron chi connectivity index (χ1n) is 5.84. The molecule has 4 heteroatoms. The van der Waals surface area contributed by atoms with Crippen LogP contribution in [0.2, 0.25) is 0 Å². The summed E-state index contributed by atoms with van der Waals surface area (Å²) in [5.74, 6) is 0.0322.